The molecule has 4 aliphatic carbocycles. The second kappa shape index (κ2) is 11.2. The molecular formula is C27H37N3O5. The molecule has 0 spiro atoms. The highest BCUT2D eigenvalue weighted by atomic mass is 16.5. The molecule has 4 fully saturated rings. The molecule has 1 aromatic rings. The number of amides is 2. The lowest BCUT2D eigenvalue weighted by Crippen LogP contribution is -2.61. The van der Waals surface area contributed by atoms with Crippen LogP contribution in [0.25, 0.3) is 0 Å². The highest BCUT2D eigenvalue weighted by Crippen LogP contribution is 2.55. The third-order valence-electron chi connectivity index (χ3n) is 7.55. The van der Waals surface area contributed by atoms with Crippen LogP contribution in [0.2, 0.25) is 0 Å². The zero-order valence-corrected chi connectivity index (χ0v) is 20.8. The van der Waals surface area contributed by atoms with E-state index in [1.165, 1.54) is 19.3 Å². The molecular weight excluding hydrogens is 446 g/mol. The van der Waals surface area contributed by atoms with Crippen LogP contribution >= 0.6 is 0 Å². The number of rotatable bonds is 10. The maximum Gasteiger partial charge on any atom is 0.338 e. The number of urea groups is 1. The Morgan fingerprint density at radius 2 is 1.71 bits per heavy atom. The van der Waals surface area contributed by atoms with Crippen molar-refractivity contribution in [2.24, 2.45) is 22.7 Å². The quantitative estimate of drug-likeness (QED) is 0.295. The first-order chi connectivity index (χ1) is 16.9. The Morgan fingerprint density at radius 1 is 1.09 bits per heavy atom. The van der Waals surface area contributed by atoms with Crippen molar-refractivity contribution < 1.29 is 23.9 Å². The monoisotopic (exact) mass is 483 g/mol. The average molecular weight is 484 g/mol. The molecule has 2 amide bonds. The Balaban J connectivity index is 1.19. The van der Waals surface area contributed by atoms with Gasteiger partial charge in [-0.25, -0.2) is 9.59 Å². The number of nitrogens with one attached hydrogen (secondary N) is 2. The van der Waals surface area contributed by atoms with Crippen molar-refractivity contribution in [3.63, 3.8) is 0 Å². The first kappa shape index (κ1) is 25.2. The predicted octanol–water partition coefficient (Wildman–Crippen LogP) is 4.20. The summed E-state index contributed by atoms with van der Waals surface area (Å²) in [5.74, 6) is 1.57. The van der Waals surface area contributed by atoms with Crippen LogP contribution in [0.15, 0.2) is 29.3 Å². The zero-order chi connectivity index (χ0) is 24.8. The number of aliphatic imine (C=N–C) groups is 1. The van der Waals surface area contributed by atoms with Crippen molar-refractivity contribution in [1.29, 1.82) is 0 Å². The highest BCUT2D eigenvalue weighted by Gasteiger charge is 2.51. The molecule has 0 aromatic heterocycles. The smallest absolute Gasteiger partial charge is 0.338 e. The number of esters is 2. The lowest BCUT2D eigenvalue weighted by molar-refractivity contribution is -0.146. The minimum atomic E-state index is -0.643. The van der Waals surface area contributed by atoms with E-state index < -0.39 is 12.1 Å². The molecule has 4 saturated carbocycles. The fraction of sp³-hybridized carbons (Fsp3) is 0.630. The van der Waals surface area contributed by atoms with Crippen molar-refractivity contribution >= 4 is 24.2 Å². The van der Waals surface area contributed by atoms with Gasteiger partial charge in [0, 0.05) is 31.8 Å². The highest BCUT2D eigenvalue weighted by molar-refractivity contribution is 5.89. The third-order valence-corrected chi connectivity index (χ3v) is 7.55. The fourth-order valence-electron chi connectivity index (χ4n) is 6.53. The van der Waals surface area contributed by atoms with E-state index in [-0.39, 0.29) is 24.0 Å². The lowest BCUT2D eigenvalue weighted by Gasteiger charge is -2.56. The molecule has 8 heteroatoms. The molecule has 0 saturated heterocycles. The molecule has 1 atom stereocenters. The Labute approximate surface area is 207 Å². The molecule has 4 aliphatic rings. The van der Waals surface area contributed by atoms with Crippen LogP contribution in [0.1, 0.15) is 80.3 Å². The van der Waals surface area contributed by atoms with Crippen LogP contribution in [-0.4, -0.2) is 49.9 Å². The van der Waals surface area contributed by atoms with E-state index in [0.717, 1.165) is 37.0 Å². The third kappa shape index (κ3) is 6.41. The van der Waals surface area contributed by atoms with Crippen molar-refractivity contribution in [2.45, 2.75) is 69.9 Å². The van der Waals surface area contributed by atoms with Gasteiger partial charge in [0.25, 0.3) is 0 Å². The van der Waals surface area contributed by atoms with Crippen LogP contribution in [-0.2, 0) is 14.3 Å². The second-order valence-electron chi connectivity index (χ2n) is 10.3. The Bertz CT molecular complexity index is 907. The first-order valence-corrected chi connectivity index (χ1v) is 12.8. The number of benzene rings is 1. The summed E-state index contributed by atoms with van der Waals surface area (Å²) in [7, 11) is 1.61. The van der Waals surface area contributed by atoms with E-state index in [1.54, 1.807) is 44.5 Å². The first-order valence-electron chi connectivity index (χ1n) is 12.8. The molecule has 0 heterocycles. The molecule has 0 radical (unpaired) electrons. The summed E-state index contributed by atoms with van der Waals surface area (Å²) in [6.45, 7) is 2.47. The molecule has 35 heavy (non-hydrogen) atoms. The van der Waals surface area contributed by atoms with E-state index >= 15 is 0 Å². The second-order valence-corrected chi connectivity index (χ2v) is 10.3. The van der Waals surface area contributed by atoms with Crippen molar-refractivity contribution in [3.8, 4) is 0 Å². The Hall–Kier alpha value is -2.90. The van der Waals surface area contributed by atoms with Gasteiger partial charge in [-0.1, -0.05) is 12.1 Å². The van der Waals surface area contributed by atoms with Gasteiger partial charge in [0.2, 0.25) is 0 Å². The van der Waals surface area contributed by atoms with E-state index in [0.29, 0.717) is 30.7 Å². The van der Waals surface area contributed by atoms with Gasteiger partial charge in [-0.05, 0) is 87.3 Å². The van der Waals surface area contributed by atoms with Gasteiger partial charge >= 0.3 is 18.0 Å². The maximum atomic E-state index is 12.5. The SMILES string of the molecule is CCOC(=O)c1ccc(C(C=NC)OC(=O)CCCNC(=O)NC23CC4CC(CC(C4)C2)C3)cc1. The van der Waals surface area contributed by atoms with Gasteiger partial charge in [0.1, 0.15) is 0 Å². The summed E-state index contributed by atoms with van der Waals surface area (Å²) in [5.41, 5.74) is 1.13. The molecule has 1 unspecified atom stereocenters. The van der Waals surface area contributed by atoms with Crippen LogP contribution in [0.3, 0.4) is 0 Å². The molecule has 4 bridgehead atoms. The van der Waals surface area contributed by atoms with Crippen molar-refractivity contribution in [1.82, 2.24) is 10.6 Å². The fourth-order valence-corrected chi connectivity index (χ4v) is 6.53. The average Bonchev–Trinajstić information content (AvgIpc) is 2.81. The van der Waals surface area contributed by atoms with E-state index in [2.05, 4.69) is 15.6 Å². The van der Waals surface area contributed by atoms with Crippen LogP contribution in [0, 0.1) is 17.8 Å². The van der Waals surface area contributed by atoms with E-state index in [4.69, 9.17) is 9.47 Å². The molecule has 190 valence electrons. The molecule has 1 aromatic carbocycles. The number of hydrogen-bond acceptors (Lipinski definition) is 6. The topological polar surface area (TPSA) is 106 Å². The number of carbonyl (C=O) groups excluding carboxylic acids is 3. The zero-order valence-electron chi connectivity index (χ0n) is 20.8. The Kier molecular flexibility index (Phi) is 8.08. The summed E-state index contributed by atoms with van der Waals surface area (Å²) < 4.78 is 10.6. The summed E-state index contributed by atoms with van der Waals surface area (Å²) in [4.78, 5) is 40.8. The predicted molar refractivity (Wildman–Crippen MR) is 132 cm³/mol. The number of ether oxygens (including phenoxy) is 2. The molecule has 2 N–H and O–H groups in total. The minimum absolute atomic E-state index is 0.0205. The summed E-state index contributed by atoms with van der Waals surface area (Å²) in [5, 5.41) is 6.21. The van der Waals surface area contributed by atoms with Crippen molar-refractivity contribution in [3.05, 3.63) is 35.4 Å². The van der Waals surface area contributed by atoms with Gasteiger partial charge in [0.15, 0.2) is 6.10 Å². The van der Waals surface area contributed by atoms with Gasteiger partial charge in [-0.2, -0.15) is 0 Å². The minimum Gasteiger partial charge on any atom is -0.462 e. The van der Waals surface area contributed by atoms with Crippen molar-refractivity contribution in [2.75, 3.05) is 20.2 Å². The van der Waals surface area contributed by atoms with E-state index in [9.17, 15) is 14.4 Å². The van der Waals surface area contributed by atoms with Crippen LogP contribution < -0.4 is 10.6 Å². The summed E-state index contributed by atoms with van der Waals surface area (Å²) in [6.07, 6.45) is 8.93. The summed E-state index contributed by atoms with van der Waals surface area (Å²) >= 11 is 0. The Morgan fingerprint density at radius 3 is 2.29 bits per heavy atom. The lowest BCUT2D eigenvalue weighted by atomic mass is 9.53. The van der Waals surface area contributed by atoms with Crippen LogP contribution in [0.4, 0.5) is 4.79 Å². The number of carbonyl (C=O) groups is 3. The number of hydrogen-bond donors (Lipinski definition) is 2. The number of nitrogens with zero attached hydrogens (tertiary/aromatic N) is 1. The maximum absolute atomic E-state index is 12.5. The van der Waals surface area contributed by atoms with E-state index in [1.807, 2.05) is 0 Å². The molecule has 8 nitrogen and oxygen atoms in total. The van der Waals surface area contributed by atoms with Gasteiger partial charge < -0.3 is 20.1 Å². The van der Waals surface area contributed by atoms with Gasteiger partial charge in [-0.3, -0.25) is 9.79 Å². The van der Waals surface area contributed by atoms with Crippen LogP contribution in [0.5, 0.6) is 0 Å². The largest absolute Gasteiger partial charge is 0.462 e. The van der Waals surface area contributed by atoms with Gasteiger partial charge in [0.05, 0.1) is 12.2 Å². The van der Waals surface area contributed by atoms with Gasteiger partial charge in [-0.15, -0.1) is 0 Å². The molecule has 5 rings (SSSR count). The summed E-state index contributed by atoms with van der Waals surface area (Å²) in [6, 6.07) is 6.61. The normalized spacial score (nSPS) is 27.4. The molecule has 0 aliphatic heterocycles. The standard InChI is InChI=1S/C27H37N3O5/c1-3-34-25(32)22-8-6-21(7-9-22)23(17-28-2)35-24(31)5-4-10-29-26(33)30-27-14-18-11-19(15-27)13-20(12-18)16-27/h6-9,17-20,23H,3-5,10-16H2,1-2H3,(H2,29,30,33).